The number of Topliss-reactive ketones (excluding diaryl/α,β-unsaturated/α-hetero) is 2. The molecule has 0 bridgehead atoms. The standard InChI is InChI=1S/C19H18O4/c1-11(20)13-3-5-14(6-4-13)17-10-23-18-9-15(12(2)21)7-8-16(18)19(17)22/h3-9,17,19,22H,10H2,1-2H3/t17-,19-/m0/s1. The first-order valence-electron chi connectivity index (χ1n) is 7.54. The second-order valence-corrected chi connectivity index (χ2v) is 5.85. The van der Waals surface area contributed by atoms with Crippen molar-refractivity contribution >= 4 is 11.6 Å². The molecule has 118 valence electrons. The van der Waals surface area contributed by atoms with E-state index in [9.17, 15) is 14.7 Å². The Bertz CT molecular complexity index is 761. The zero-order valence-corrected chi connectivity index (χ0v) is 13.1. The van der Waals surface area contributed by atoms with Gasteiger partial charge in [-0.15, -0.1) is 0 Å². The maximum Gasteiger partial charge on any atom is 0.159 e. The summed E-state index contributed by atoms with van der Waals surface area (Å²) in [5.74, 6) is 0.334. The van der Waals surface area contributed by atoms with Gasteiger partial charge in [-0.1, -0.05) is 36.4 Å². The summed E-state index contributed by atoms with van der Waals surface area (Å²) >= 11 is 0. The highest BCUT2D eigenvalue weighted by atomic mass is 16.5. The van der Waals surface area contributed by atoms with Crippen LogP contribution in [0.25, 0.3) is 0 Å². The molecule has 0 aromatic heterocycles. The van der Waals surface area contributed by atoms with E-state index < -0.39 is 6.10 Å². The summed E-state index contributed by atoms with van der Waals surface area (Å²) in [6.45, 7) is 3.35. The zero-order valence-electron chi connectivity index (χ0n) is 13.1. The molecule has 23 heavy (non-hydrogen) atoms. The van der Waals surface area contributed by atoms with Crippen molar-refractivity contribution in [1.29, 1.82) is 0 Å². The number of carbonyl (C=O) groups excluding carboxylic acids is 2. The van der Waals surface area contributed by atoms with E-state index in [4.69, 9.17) is 4.74 Å². The number of hydrogen-bond donors (Lipinski definition) is 1. The monoisotopic (exact) mass is 310 g/mol. The van der Waals surface area contributed by atoms with Crippen LogP contribution in [0.4, 0.5) is 0 Å². The molecule has 0 radical (unpaired) electrons. The van der Waals surface area contributed by atoms with Gasteiger partial charge >= 0.3 is 0 Å². The normalized spacial score (nSPS) is 19.6. The van der Waals surface area contributed by atoms with Crippen molar-refractivity contribution in [3.8, 4) is 5.75 Å². The summed E-state index contributed by atoms with van der Waals surface area (Å²) in [4.78, 5) is 22.8. The van der Waals surface area contributed by atoms with Gasteiger partial charge in [0.1, 0.15) is 5.75 Å². The molecule has 0 aliphatic carbocycles. The van der Waals surface area contributed by atoms with E-state index in [1.165, 1.54) is 13.8 Å². The Hall–Kier alpha value is -2.46. The number of fused-ring (bicyclic) bond motifs is 1. The molecule has 2 atom stereocenters. The van der Waals surface area contributed by atoms with Crippen molar-refractivity contribution in [2.75, 3.05) is 6.61 Å². The van der Waals surface area contributed by atoms with Crippen LogP contribution < -0.4 is 4.74 Å². The lowest BCUT2D eigenvalue weighted by atomic mass is 9.86. The van der Waals surface area contributed by atoms with Gasteiger partial charge in [0.2, 0.25) is 0 Å². The molecular weight excluding hydrogens is 292 g/mol. The van der Waals surface area contributed by atoms with Crippen LogP contribution in [-0.2, 0) is 0 Å². The first kappa shape index (κ1) is 15.4. The van der Waals surface area contributed by atoms with Gasteiger partial charge in [-0.3, -0.25) is 9.59 Å². The maximum atomic E-state index is 11.4. The molecule has 0 unspecified atom stereocenters. The van der Waals surface area contributed by atoms with Crippen molar-refractivity contribution in [2.45, 2.75) is 25.9 Å². The topological polar surface area (TPSA) is 63.6 Å². The Morgan fingerprint density at radius 2 is 1.61 bits per heavy atom. The van der Waals surface area contributed by atoms with Crippen LogP contribution in [0.2, 0.25) is 0 Å². The predicted molar refractivity (Wildman–Crippen MR) is 86.1 cm³/mol. The molecule has 2 aromatic carbocycles. The fourth-order valence-corrected chi connectivity index (χ4v) is 2.85. The molecule has 0 spiro atoms. The van der Waals surface area contributed by atoms with Gasteiger partial charge in [-0.25, -0.2) is 0 Å². The predicted octanol–water partition coefficient (Wildman–Crippen LogP) is 3.30. The van der Waals surface area contributed by atoms with Gasteiger partial charge < -0.3 is 9.84 Å². The number of aliphatic hydroxyl groups is 1. The number of hydrogen-bond acceptors (Lipinski definition) is 4. The summed E-state index contributed by atoms with van der Waals surface area (Å²) < 4.78 is 5.75. The summed E-state index contributed by atoms with van der Waals surface area (Å²) in [6, 6.07) is 12.3. The number of carbonyl (C=O) groups is 2. The van der Waals surface area contributed by atoms with Crippen molar-refractivity contribution in [1.82, 2.24) is 0 Å². The summed E-state index contributed by atoms with van der Waals surface area (Å²) in [5.41, 5.74) is 2.82. The van der Waals surface area contributed by atoms with Crippen LogP contribution in [0.1, 0.15) is 57.7 Å². The Kier molecular flexibility index (Phi) is 4.01. The van der Waals surface area contributed by atoms with Gasteiger partial charge in [0.05, 0.1) is 12.7 Å². The lowest BCUT2D eigenvalue weighted by Crippen LogP contribution is -2.24. The second-order valence-electron chi connectivity index (χ2n) is 5.85. The lowest BCUT2D eigenvalue weighted by molar-refractivity contribution is 0.0883. The van der Waals surface area contributed by atoms with Crippen LogP contribution in [0.5, 0.6) is 5.75 Å². The molecule has 0 amide bonds. The average molecular weight is 310 g/mol. The van der Waals surface area contributed by atoms with E-state index in [1.807, 2.05) is 12.1 Å². The minimum absolute atomic E-state index is 0.0131. The fourth-order valence-electron chi connectivity index (χ4n) is 2.85. The van der Waals surface area contributed by atoms with Gasteiger partial charge in [-0.2, -0.15) is 0 Å². The Morgan fingerprint density at radius 1 is 1.00 bits per heavy atom. The van der Waals surface area contributed by atoms with Gasteiger partial charge in [0.15, 0.2) is 11.6 Å². The Labute approximate surface area is 134 Å². The quantitative estimate of drug-likeness (QED) is 0.884. The second kappa shape index (κ2) is 5.97. The minimum atomic E-state index is -0.706. The highest BCUT2D eigenvalue weighted by Crippen LogP contribution is 2.40. The van der Waals surface area contributed by atoms with Crippen molar-refractivity contribution in [3.63, 3.8) is 0 Å². The van der Waals surface area contributed by atoms with Crippen LogP contribution >= 0.6 is 0 Å². The van der Waals surface area contributed by atoms with Gasteiger partial charge in [-0.05, 0) is 25.5 Å². The molecule has 2 aromatic rings. The third kappa shape index (κ3) is 2.90. The Balaban J connectivity index is 1.90. The van der Waals surface area contributed by atoms with Gasteiger partial charge in [0.25, 0.3) is 0 Å². The molecule has 0 saturated carbocycles. The van der Waals surface area contributed by atoms with Crippen molar-refractivity contribution < 1.29 is 19.4 Å². The first-order valence-corrected chi connectivity index (χ1v) is 7.54. The molecule has 0 fully saturated rings. The van der Waals surface area contributed by atoms with E-state index in [-0.39, 0.29) is 17.5 Å². The number of benzene rings is 2. The smallest absolute Gasteiger partial charge is 0.159 e. The largest absolute Gasteiger partial charge is 0.492 e. The molecule has 3 rings (SSSR count). The fraction of sp³-hybridized carbons (Fsp3) is 0.263. The molecule has 4 heteroatoms. The van der Waals surface area contributed by atoms with E-state index >= 15 is 0 Å². The Morgan fingerprint density at radius 3 is 2.22 bits per heavy atom. The number of ketones is 2. The maximum absolute atomic E-state index is 11.4. The number of ether oxygens (including phenoxy) is 1. The van der Waals surface area contributed by atoms with E-state index in [1.54, 1.807) is 30.3 Å². The first-order chi connectivity index (χ1) is 11.0. The zero-order chi connectivity index (χ0) is 16.6. The highest BCUT2D eigenvalue weighted by Gasteiger charge is 2.31. The molecule has 0 saturated heterocycles. The van der Waals surface area contributed by atoms with Crippen molar-refractivity contribution in [2.24, 2.45) is 0 Å². The molecule has 1 heterocycles. The third-order valence-corrected chi connectivity index (χ3v) is 4.28. The SMILES string of the molecule is CC(=O)c1ccc([C@@H]2COc3cc(C(C)=O)ccc3[C@@H]2O)cc1. The summed E-state index contributed by atoms with van der Waals surface area (Å²) in [5, 5.41) is 10.7. The van der Waals surface area contributed by atoms with Crippen LogP contribution in [-0.4, -0.2) is 23.3 Å². The number of rotatable bonds is 3. The molecule has 1 N–H and O–H groups in total. The van der Waals surface area contributed by atoms with Crippen molar-refractivity contribution in [3.05, 3.63) is 64.7 Å². The minimum Gasteiger partial charge on any atom is -0.492 e. The van der Waals surface area contributed by atoms with Crippen LogP contribution in [0, 0.1) is 0 Å². The van der Waals surface area contributed by atoms with E-state index in [0.29, 0.717) is 29.0 Å². The molecular formula is C19H18O4. The van der Waals surface area contributed by atoms with E-state index in [2.05, 4.69) is 0 Å². The van der Waals surface area contributed by atoms with Crippen LogP contribution in [0.15, 0.2) is 42.5 Å². The number of aliphatic hydroxyl groups excluding tert-OH is 1. The van der Waals surface area contributed by atoms with Crippen LogP contribution in [0.3, 0.4) is 0 Å². The summed E-state index contributed by atoms with van der Waals surface area (Å²) in [7, 11) is 0. The third-order valence-electron chi connectivity index (χ3n) is 4.28. The lowest BCUT2D eigenvalue weighted by Gasteiger charge is -2.31. The molecule has 1 aliphatic rings. The summed E-state index contributed by atoms with van der Waals surface area (Å²) in [6.07, 6.45) is -0.706. The molecule has 1 aliphatic heterocycles. The molecule has 4 nitrogen and oxygen atoms in total. The van der Waals surface area contributed by atoms with Gasteiger partial charge in [0, 0.05) is 22.6 Å². The van der Waals surface area contributed by atoms with E-state index in [0.717, 1.165) is 5.56 Å². The highest BCUT2D eigenvalue weighted by molar-refractivity contribution is 5.94. The average Bonchev–Trinajstić information content (AvgIpc) is 2.55.